The monoisotopic (exact) mass is 248 g/mol. The summed E-state index contributed by atoms with van der Waals surface area (Å²) in [4.78, 5) is 0. The van der Waals surface area contributed by atoms with Crippen molar-refractivity contribution in [1.29, 1.82) is 0 Å². The first-order valence-corrected chi connectivity index (χ1v) is 7.14. The van der Waals surface area contributed by atoms with Gasteiger partial charge < -0.3 is 0 Å². The van der Waals surface area contributed by atoms with Crippen molar-refractivity contribution >= 4 is 5.57 Å². The number of fused-ring (bicyclic) bond motifs is 3. The van der Waals surface area contributed by atoms with Crippen LogP contribution in [0.25, 0.3) is 5.57 Å². The molecule has 0 bridgehead atoms. The van der Waals surface area contributed by atoms with E-state index >= 15 is 0 Å². The van der Waals surface area contributed by atoms with Crippen LogP contribution in [0.15, 0.2) is 66.3 Å². The Kier molecular flexibility index (Phi) is 3.25. The van der Waals surface area contributed by atoms with Gasteiger partial charge in [0.05, 0.1) is 0 Å². The quantitative estimate of drug-likeness (QED) is 0.669. The zero-order valence-electron chi connectivity index (χ0n) is 11.6. The smallest absolute Gasteiger partial charge is 0.0131 e. The minimum atomic E-state index is 0.501. The van der Waals surface area contributed by atoms with Crippen LogP contribution in [0.5, 0.6) is 0 Å². The summed E-state index contributed by atoms with van der Waals surface area (Å²) in [7, 11) is 0. The Morgan fingerprint density at radius 1 is 1.05 bits per heavy atom. The molecule has 0 fully saturated rings. The van der Waals surface area contributed by atoms with Crippen molar-refractivity contribution in [2.75, 3.05) is 0 Å². The fourth-order valence-electron chi connectivity index (χ4n) is 3.22. The molecular weight excluding hydrogens is 228 g/mol. The highest BCUT2D eigenvalue weighted by Gasteiger charge is 2.30. The van der Waals surface area contributed by atoms with Crippen molar-refractivity contribution in [3.63, 3.8) is 0 Å². The summed E-state index contributed by atoms with van der Waals surface area (Å²) < 4.78 is 0. The molecule has 96 valence electrons. The van der Waals surface area contributed by atoms with E-state index in [9.17, 15) is 0 Å². The first kappa shape index (κ1) is 12.2. The minimum absolute atomic E-state index is 0.501. The number of benzene rings is 1. The summed E-state index contributed by atoms with van der Waals surface area (Å²) in [5.41, 5.74) is 5.80. The Morgan fingerprint density at radius 3 is 2.58 bits per heavy atom. The molecule has 2 aliphatic rings. The lowest BCUT2D eigenvalue weighted by Gasteiger charge is -2.34. The van der Waals surface area contributed by atoms with Gasteiger partial charge in [-0.2, -0.15) is 0 Å². The zero-order valence-corrected chi connectivity index (χ0v) is 11.6. The molecule has 0 spiro atoms. The van der Waals surface area contributed by atoms with Gasteiger partial charge in [0.1, 0.15) is 0 Å². The maximum atomic E-state index is 2.35. The molecule has 2 atom stereocenters. The van der Waals surface area contributed by atoms with Crippen molar-refractivity contribution in [2.45, 2.75) is 26.2 Å². The van der Waals surface area contributed by atoms with Crippen molar-refractivity contribution in [1.82, 2.24) is 0 Å². The number of hydrogen-bond donors (Lipinski definition) is 0. The molecule has 0 N–H and O–H groups in total. The van der Waals surface area contributed by atoms with Gasteiger partial charge in [-0.3, -0.25) is 0 Å². The first-order chi connectivity index (χ1) is 9.33. The van der Waals surface area contributed by atoms with Gasteiger partial charge in [-0.15, -0.1) is 0 Å². The van der Waals surface area contributed by atoms with Crippen LogP contribution in [0.2, 0.25) is 0 Å². The Labute approximate surface area is 115 Å². The predicted molar refractivity (Wildman–Crippen MR) is 83.0 cm³/mol. The van der Waals surface area contributed by atoms with Crippen molar-refractivity contribution in [3.05, 3.63) is 77.4 Å². The lowest BCUT2D eigenvalue weighted by atomic mass is 9.70. The Balaban J connectivity index is 2.19. The van der Waals surface area contributed by atoms with Gasteiger partial charge >= 0.3 is 0 Å². The molecule has 2 aliphatic carbocycles. The second kappa shape index (κ2) is 5.05. The first-order valence-electron chi connectivity index (χ1n) is 7.14. The average molecular weight is 248 g/mol. The molecule has 19 heavy (non-hydrogen) atoms. The average Bonchev–Trinajstić information content (AvgIpc) is 2.47. The summed E-state index contributed by atoms with van der Waals surface area (Å²) in [5, 5.41) is 0. The third-order valence-corrected chi connectivity index (χ3v) is 4.18. The number of hydrogen-bond acceptors (Lipinski definition) is 0. The summed E-state index contributed by atoms with van der Waals surface area (Å²) in [5.74, 6) is 1.00. The van der Waals surface area contributed by atoms with E-state index in [0.717, 1.165) is 6.42 Å². The second-order valence-electron chi connectivity index (χ2n) is 5.30. The van der Waals surface area contributed by atoms with Crippen molar-refractivity contribution in [3.8, 4) is 0 Å². The van der Waals surface area contributed by atoms with Crippen LogP contribution in [-0.4, -0.2) is 0 Å². The molecule has 0 heterocycles. The molecule has 0 saturated carbocycles. The summed E-state index contributed by atoms with van der Waals surface area (Å²) in [6, 6.07) is 8.83. The van der Waals surface area contributed by atoms with Crippen LogP contribution in [0.3, 0.4) is 0 Å². The summed E-state index contributed by atoms with van der Waals surface area (Å²) in [6.07, 6.45) is 14.7. The van der Waals surface area contributed by atoms with Crippen LogP contribution in [0, 0.1) is 5.92 Å². The molecule has 0 aliphatic heterocycles. The van der Waals surface area contributed by atoms with E-state index in [1.54, 1.807) is 0 Å². The maximum Gasteiger partial charge on any atom is 0.0131 e. The van der Waals surface area contributed by atoms with Gasteiger partial charge in [-0.1, -0.05) is 67.6 Å². The number of rotatable bonds is 2. The molecule has 0 heteroatoms. The molecule has 1 aromatic carbocycles. The largest absolute Gasteiger partial charge is 0.0845 e. The van der Waals surface area contributed by atoms with Gasteiger partial charge in [0.25, 0.3) is 0 Å². The number of allylic oxidation sites excluding steroid dienone is 8. The molecule has 0 aromatic heterocycles. The Morgan fingerprint density at radius 2 is 1.79 bits per heavy atom. The summed E-state index contributed by atoms with van der Waals surface area (Å²) in [6.45, 7) is 4.45. The van der Waals surface area contributed by atoms with E-state index in [2.05, 4.69) is 74.6 Å². The zero-order chi connectivity index (χ0) is 13.2. The molecule has 1 aromatic rings. The van der Waals surface area contributed by atoms with Gasteiger partial charge in [0.15, 0.2) is 0 Å². The minimum Gasteiger partial charge on any atom is -0.0845 e. The van der Waals surface area contributed by atoms with Crippen LogP contribution in [-0.2, 0) is 0 Å². The van der Waals surface area contributed by atoms with E-state index in [1.165, 1.54) is 22.3 Å². The third-order valence-electron chi connectivity index (χ3n) is 4.18. The normalized spacial score (nSPS) is 24.7. The predicted octanol–water partition coefficient (Wildman–Crippen LogP) is 5.27. The van der Waals surface area contributed by atoms with Crippen LogP contribution >= 0.6 is 0 Å². The highest BCUT2D eigenvalue weighted by Crippen LogP contribution is 2.45. The van der Waals surface area contributed by atoms with Crippen LogP contribution < -0.4 is 0 Å². The van der Waals surface area contributed by atoms with E-state index < -0.39 is 0 Å². The van der Waals surface area contributed by atoms with Gasteiger partial charge in [0, 0.05) is 11.8 Å². The van der Waals surface area contributed by atoms with Gasteiger partial charge in [-0.05, 0) is 35.6 Å². The van der Waals surface area contributed by atoms with E-state index in [1.807, 2.05) is 0 Å². The summed E-state index contributed by atoms with van der Waals surface area (Å²) >= 11 is 0. The topological polar surface area (TPSA) is 0 Å². The molecule has 0 saturated heterocycles. The van der Waals surface area contributed by atoms with E-state index in [-0.39, 0.29) is 0 Å². The molecule has 2 unspecified atom stereocenters. The fourth-order valence-corrected chi connectivity index (χ4v) is 3.22. The fraction of sp³-hybridized carbons (Fsp3) is 0.263. The Bertz CT molecular complexity index is 596. The van der Waals surface area contributed by atoms with Gasteiger partial charge in [0.2, 0.25) is 0 Å². The maximum absolute atomic E-state index is 2.35. The molecule has 0 amide bonds. The van der Waals surface area contributed by atoms with E-state index in [4.69, 9.17) is 0 Å². The van der Waals surface area contributed by atoms with E-state index in [0.29, 0.717) is 11.8 Å². The standard InChI is InChI=1S/C19H20/c1-3-4-9-15-14(2)16-10-5-6-11-18(16)19-13-8-7-12-17(15)19/h4-13,17,19H,3H2,1-2H3. The lowest BCUT2D eigenvalue weighted by Crippen LogP contribution is -2.19. The van der Waals surface area contributed by atoms with Gasteiger partial charge in [-0.25, -0.2) is 0 Å². The molecule has 0 nitrogen and oxygen atoms in total. The van der Waals surface area contributed by atoms with Crippen LogP contribution in [0.1, 0.15) is 37.3 Å². The van der Waals surface area contributed by atoms with Crippen molar-refractivity contribution in [2.24, 2.45) is 5.92 Å². The molecular formula is C19H20. The third kappa shape index (κ3) is 2.02. The molecule has 3 rings (SSSR count). The Hall–Kier alpha value is -1.82. The highest BCUT2D eigenvalue weighted by molar-refractivity contribution is 5.76. The molecule has 0 radical (unpaired) electrons. The lowest BCUT2D eigenvalue weighted by molar-refractivity contribution is 0.663. The highest BCUT2D eigenvalue weighted by atomic mass is 14.3. The van der Waals surface area contributed by atoms with Crippen molar-refractivity contribution < 1.29 is 0 Å². The van der Waals surface area contributed by atoms with Crippen LogP contribution in [0.4, 0.5) is 0 Å². The SMILES string of the molecule is CCC=CC1=C(C)c2ccccc2C2C=CC=CC12. The second-order valence-corrected chi connectivity index (χ2v) is 5.30.